The topological polar surface area (TPSA) is 63.4 Å². The van der Waals surface area contributed by atoms with Crippen LogP contribution in [0.1, 0.15) is 0 Å². The molecule has 0 aliphatic carbocycles. The summed E-state index contributed by atoms with van der Waals surface area (Å²) in [5, 5.41) is -0.852. The maximum atomic E-state index is 9.93. The van der Waals surface area contributed by atoms with Crippen molar-refractivity contribution in [2.75, 3.05) is 14.1 Å². The van der Waals surface area contributed by atoms with Gasteiger partial charge in [-0.05, 0) is 0 Å². The van der Waals surface area contributed by atoms with Crippen LogP contribution < -0.4 is 5.73 Å². The Kier molecular flexibility index (Phi) is 8.33. The molecule has 4 nitrogen and oxygen atoms in total. The number of thiol groups is 2. The summed E-state index contributed by atoms with van der Waals surface area (Å²) in [5.41, 5.74) is 4.34. The molecule has 2 amide bonds. The Balaban J connectivity index is 0. The summed E-state index contributed by atoms with van der Waals surface area (Å²) in [6, 6.07) is 0. The Morgan fingerprint density at radius 3 is 1.40 bits per heavy atom. The zero-order valence-electron chi connectivity index (χ0n) is 5.74. The fraction of sp³-hybridized carbons (Fsp3) is 0.500. The van der Waals surface area contributed by atoms with Crippen LogP contribution in [0.5, 0.6) is 0 Å². The predicted octanol–water partition coefficient (Wildman–Crippen LogP) is 0.593. The minimum absolute atomic E-state index is 0.213. The van der Waals surface area contributed by atoms with Gasteiger partial charge in [-0.15, -0.1) is 0 Å². The average Bonchev–Trinajstić information content (AvgIpc) is 1.63. The third-order valence-corrected chi connectivity index (χ3v) is 0.783. The highest BCUT2D eigenvalue weighted by molar-refractivity contribution is 7.96. The molecular formula is C4H10N2O2S2. The third-order valence-electron chi connectivity index (χ3n) is 0.383. The Bertz CT molecular complexity index is 122. The van der Waals surface area contributed by atoms with Gasteiger partial charge in [-0.3, -0.25) is 9.59 Å². The summed E-state index contributed by atoms with van der Waals surface area (Å²) in [6.45, 7) is 0. The second kappa shape index (κ2) is 6.76. The van der Waals surface area contributed by atoms with Gasteiger partial charge in [-0.1, -0.05) is 25.3 Å². The van der Waals surface area contributed by atoms with E-state index in [4.69, 9.17) is 4.79 Å². The van der Waals surface area contributed by atoms with Gasteiger partial charge in [0, 0.05) is 14.1 Å². The van der Waals surface area contributed by atoms with Gasteiger partial charge in [0.15, 0.2) is 0 Å². The van der Waals surface area contributed by atoms with Crippen molar-refractivity contribution in [2.45, 2.75) is 0 Å². The van der Waals surface area contributed by atoms with Crippen LogP contribution in [-0.4, -0.2) is 29.5 Å². The second-order valence-corrected chi connectivity index (χ2v) is 2.34. The van der Waals surface area contributed by atoms with E-state index in [1.54, 1.807) is 14.1 Å². The third kappa shape index (κ3) is 25.4. The number of nitrogens with zero attached hydrogens (tertiary/aromatic N) is 1. The molecule has 0 heterocycles. The van der Waals surface area contributed by atoms with E-state index in [1.165, 1.54) is 4.90 Å². The largest absolute Gasteiger partial charge is 0.361 e. The van der Waals surface area contributed by atoms with Gasteiger partial charge >= 0.3 is 0 Å². The van der Waals surface area contributed by atoms with E-state index in [0.29, 0.717) is 0 Å². The molecule has 0 aromatic carbocycles. The van der Waals surface area contributed by atoms with Crippen LogP contribution in [0.15, 0.2) is 0 Å². The van der Waals surface area contributed by atoms with Gasteiger partial charge < -0.3 is 10.6 Å². The Morgan fingerprint density at radius 1 is 1.30 bits per heavy atom. The lowest BCUT2D eigenvalue weighted by Gasteiger charge is -2.01. The van der Waals surface area contributed by atoms with Crippen LogP contribution in [-0.2, 0) is 0 Å². The molecule has 2 N–H and O–H groups in total. The van der Waals surface area contributed by atoms with Crippen LogP contribution in [0, 0.1) is 0 Å². The predicted molar refractivity (Wildman–Crippen MR) is 46.6 cm³/mol. The number of rotatable bonds is 0. The molecule has 10 heavy (non-hydrogen) atoms. The molecule has 60 valence electrons. The first-order valence-electron chi connectivity index (χ1n) is 2.26. The van der Waals surface area contributed by atoms with Gasteiger partial charge in [-0.2, -0.15) is 0 Å². The lowest BCUT2D eigenvalue weighted by Crippen LogP contribution is -2.13. The quantitative estimate of drug-likeness (QED) is 0.480. The van der Waals surface area contributed by atoms with E-state index in [1.807, 2.05) is 0 Å². The molecule has 0 rings (SSSR count). The Morgan fingerprint density at radius 2 is 1.40 bits per heavy atom. The normalized spacial score (nSPS) is 7.20. The van der Waals surface area contributed by atoms with Crippen molar-refractivity contribution >= 4 is 35.7 Å². The van der Waals surface area contributed by atoms with Crippen molar-refractivity contribution in [2.24, 2.45) is 5.73 Å². The van der Waals surface area contributed by atoms with E-state index >= 15 is 0 Å². The molecule has 6 heteroatoms. The molecule has 0 atom stereocenters. The van der Waals surface area contributed by atoms with Crippen LogP contribution in [0.3, 0.4) is 0 Å². The first-order chi connectivity index (χ1) is 4.37. The van der Waals surface area contributed by atoms with Gasteiger partial charge in [0.25, 0.3) is 10.5 Å². The van der Waals surface area contributed by atoms with Gasteiger partial charge in [0.2, 0.25) is 0 Å². The fourth-order valence-electron chi connectivity index (χ4n) is 0. The first-order valence-corrected chi connectivity index (χ1v) is 3.16. The number of nitrogens with two attached hydrogens (primary N) is 1. The molecule has 0 aromatic rings. The van der Waals surface area contributed by atoms with Gasteiger partial charge in [0.1, 0.15) is 0 Å². The molecule has 0 saturated heterocycles. The second-order valence-electron chi connectivity index (χ2n) is 1.52. The van der Waals surface area contributed by atoms with Crippen molar-refractivity contribution in [1.29, 1.82) is 0 Å². The number of hydrogen-bond donors (Lipinski definition) is 3. The molecule has 0 spiro atoms. The smallest absolute Gasteiger partial charge is 0.278 e. The Hall–Kier alpha value is -0.360. The van der Waals surface area contributed by atoms with Crippen LogP contribution in [0.25, 0.3) is 0 Å². The number of hydrogen-bond acceptors (Lipinski definition) is 2. The highest BCUT2D eigenvalue weighted by Crippen LogP contribution is 1.82. The molecule has 0 fully saturated rings. The van der Waals surface area contributed by atoms with Crippen LogP contribution in [0.4, 0.5) is 9.59 Å². The lowest BCUT2D eigenvalue weighted by atomic mass is 11.0. The molecule has 0 unspecified atom stereocenters. The number of carbonyl (C=O) groups is 2. The summed E-state index contributed by atoms with van der Waals surface area (Å²) >= 11 is 6.58. The molecule has 0 aromatic heterocycles. The Labute approximate surface area is 70.6 Å². The monoisotopic (exact) mass is 182 g/mol. The van der Waals surface area contributed by atoms with Crippen LogP contribution >= 0.6 is 25.3 Å². The van der Waals surface area contributed by atoms with Crippen molar-refractivity contribution in [3.8, 4) is 0 Å². The zero-order valence-corrected chi connectivity index (χ0v) is 7.52. The minimum atomic E-state index is -0.639. The average molecular weight is 182 g/mol. The van der Waals surface area contributed by atoms with Gasteiger partial charge in [-0.25, -0.2) is 0 Å². The SMILES string of the molecule is CN(C)C(=O)S.NC(=O)S. The number of primary amides is 1. The number of carbonyl (C=O) groups excluding carboxylic acids is 2. The van der Waals surface area contributed by atoms with Crippen molar-refractivity contribution in [3.63, 3.8) is 0 Å². The van der Waals surface area contributed by atoms with E-state index < -0.39 is 5.24 Å². The van der Waals surface area contributed by atoms with Crippen molar-refractivity contribution in [3.05, 3.63) is 0 Å². The zero-order chi connectivity index (χ0) is 8.73. The summed E-state index contributed by atoms with van der Waals surface area (Å²) in [7, 11) is 3.30. The number of amides is 2. The lowest BCUT2D eigenvalue weighted by molar-refractivity contribution is 0.241. The molecular weight excluding hydrogens is 172 g/mol. The molecule has 0 saturated carbocycles. The maximum absolute atomic E-state index is 9.93. The van der Waals surface area contributed by atoms with E-state index in [-0.39, 0.29) is 5.24 Å². The summed E-state index contributed by atoms with van der Waals surface area (Å²) in [6.07, 6.45) is 0. The standard InChI is InChI=1S/C3H7NOS.CH3NOS/c1-4(2)3(5)6;2-1(3)4/h1-2H3,(H,5,6);(H3,2,3,4). The van der Waals surface area contributed by atoms with E-state index in [0.717, 1.165) is 0 Å². The first kappa shape index (κ1) is 12.3. The van der Waals surface area contributed by atoms with Crippen molar-refractivity contribution in [1.82, 2.24) is 4.90 Å². The summed E-state index contributed by atoms with van der Waals surface area (Å²) in [5.74, 6) is 0. The fourth-order valence-corrected chi connectivity index (χ4v) is 0. The highest BCUT2D eigenvalue weighted by Gasteiger charge is 1.89. The summed E-state index contributed by atoms with van der Waals surface area (Å²) in [4.78, 5) is 20.4. The molecule has 0 radical (unpaired) electrons. The van der Waals surface area contributed by atoms with E-state index in [2.05, 4.69) is 31.0 Å². The minimum Gasteiger partial charge on any atom is -0.361 e. The van der Waals surface area contributed by atoms with E-state index in [9.17, 15) is 4.79 Å². The van der Waals surface area contributed by atoms with Crippen LogP contribution in [0.2, 0.25) is 0 Å². The maximum Gasteiger partial charge on any atom is 0.278 e. The molecule has 0 aliphatic heterocycles. The molecule has 0 aliphatic rings. The molecule has 0 bridgehead atoms. The highest BCUT2D eigenvalue weighted by atomic mass is 32.1. The summed E-state index contributed by atoms with van der Waals surface area (Å²) < 4.78 is 0. The van der Waals surface area contributed by atoms with Crippen molar-refractivity contribution < 1.29 is 9.59 Å². The van der Waals surface area contributed by atoms with Gasteiger partial charge in [0.05, 0.1) is 0 Å².